The predicted molar refractivity (Wildman–Crippen MR) is 126 cm³/mol. The van der Waals surface area contributed by atoms with Crippen LogP contribution in [0.5, 0.6) is 5.75 Å². The lowest BCUT2D eigenvalue weighted by molar-refractivity contribution is 0.0936. The molecule has 1 atom stereocenters. The highest BCUT2D eigenvalue weighted by Crippen LogP contribution is 2.42. The molecule has 3 aromatic rings. The van der Waals surface area contributed by atoms with Crippen LogP contribution in [-0.4, -0.2) is 21.4 Å². The van der Waals surface area contributed by atoms with Gasteiger partial charge in [0.2, 0.25) is 0 Å². The van der Waals surface area contributed by atoms with Gasteiger partial charge in [0, 0.05) is 5.02 Å². The van der Waals surface area contributed by atoms with Crippen molar-refractivity contribution in [1.29, 1.82) is 0 Å². The zero-order chi connectivity index (χ0) is 23.2. The Hall–Kier alpha value is -3.03. The third kappa shape index (κ3) is 3.72. The number of anilines is 1. The first kappa shape index (κ1) is 22.2. The first-order valence-electron chi connectivity index (χ1n) is 10.0. The fourth-order valence-corrected chi connectivity index (χ4v) is 5.48. The lowest BCUT2D eigenvalue weighted by atomic mass is 9.90. The fourth-order valence-electron chi connectivity index (χ4n) is 4.10. The van der Waals surface area contributed by atoms with Gasteiger partial charge in [0.25, 0.3) is 15.9 Å². The molecule has 1 heterocycles. The minimum absolute atomic E-state index is 0.281. The number of rotatable bonds is 5. The molecule has 3 aromatic carbocycles. The third-order valence-electron chi connectivity index (χ3n) is 5.84. The number of fused-ring (bicyclic) bond motifs is 1. The Kier molecular flexibility index (Phi) is 5.65. The molecule has 8 heteroatoms. The molecule has 0 saturated heterocycles. The average Bonchev–Trinajstić information content (AvgIpc) is 2.74. The number of hydrogen-bond donors (Lipinski definition) is 2. The monoisotopic (exact) mass is 470 g/mol. The molecular formula is C24H23ClN2O4S. The van der Waals surface area contributed by atoms with Gasteiger partial charge in [0.1, 0.15) is 10.6 Å². The Morgan fingerprint density at radius 1 is 1.06 bits per heavy atom. The molecule has 2 N–H and O–H groups in total. The second-order valence-electron chi connectivity index (χ2n) is 7.78. The van der Waals surface area contributed by atoms with E-state index in [9.17, 15) is 13.2 Å². The lowest BCUT2D eigenvalue weighted by Gasteiger charge is -2.26. The van der Waals surface area contributed by atoms with Crippen LogP contribution in [0, 0.1) is 13.8 Å². The van der Waals surface area contributed by atoms with Gasteiger partial charge in [0.05, 0.1) is 24.4 Å². The number of methoxy groups -OCH3 is 1. The van der Waals surface area contributed by atoms with Gasteiger partial charge in [-0.15, -0.1) is 0 Å². The first-order valence-corrected chi connectivity index (χ1v) is 11.9. The minimum atomic E-state index is -3.36. The Balaban J connectivity index is 1.66. The maximum atomic E-state index is 12.9. The number of hydrogen-bond acceptors (Lipinski definition) is 4. The molecule has 4 rings (SSSR count). The van der Waals surface area contributed by atoms with Crippen LogP contribution in [0.1, 0.15) is 40.0 Å². The van der Waals surface area contributed by atoms with E-state index in [1.165, 1.54) is 7.11 Å². The molecule has 1 amide bonds. The van der Waals surface area contributed by atoms with Gasteiger partial charge in [-0.1, -0.05) is 35.9 Å². The quantitative estimate of drug-likeness (QED) is 0.534. The van der Waals surface area contributed by atoms with Crippen molar-refractivity contribution in [2.24, 2.45) is 0 Å². The lowest BCUT2D eigenvalue weighted by Crippen LogP contribution is -2.27. The SMILES string of the molecule is COc1ccc(Cl)cc1C(=O)NC(C)c1cccc(-c2ccc3c(c2C)NS3(=O)=O)c1C. The predicted octanol–water partition coefficient (Wildman–Crippen LogP) is 5.24. The van der Waals surface area contributed by atoms with Gasteiger partial charge in [-0.25, -0.2) is 8.42 Å². The molecule has 0 aromatic heterocycles. The van der Waals surface area contributed by atoms with Gasteiger partial charge in [-0.2, -0.15) is 0 Å². The van der Waals surface area contributed by atoms with Crippen LogP contribution >= 0.6 is 11.6 Å². The Labute approximate surface area is 192 Å². The highest BCUT2D eigenvalue weighted by molar-refractivity contribution is 7.94. The molecular weight excluding hydrogens is 448 g/mol. The van der Waals surface area contributed by atoms with Crippen LogP contribution in [0.4, 0.5) is 5.69 Å². The summed E-state index contributed by atoms with van der Waals surface area (Å²) in [5.41, 5.74) is 5.77. The van der Waals surface area contributed by atoms with Gasteiger partial charge in [-0.3, -0.25) is 9.52 Å². The van der Waals surface area contributed by atoms with Crippen LogP contribution in [0.3, 0.4) is 0 Å². The summed E-state index contributed by atoms with van der Waals surface area (Å²) >= 11 is 6.07. The Morgan fingerprint density at radius 3 is 2.47 bits per heavy atom. The van der Waals surface area contributed by atoms with Crippen LogP contribution in [-0.2, 0) is 10.0 Å². The minimum Gasteiger partial charge on any atom is -0.496 e. The maximum absolute atomic E-state index is 12.9. The summed E-state index contributed by atoms with van der Waals surface area (Å²) in [5.74, 6) is 0.165. The highest BCUT2D eigenvalue weighted by atomic mass is 35.5. The topological polar surface area (TPSA) is 84.5 Å². The number of halogens is 1. The smallest absolute Gasteiger partial charge is 0.264 e. The number of amides is 1. The molecule has 1 aliphatic rings. The van der Waals surface area contributed by atoms with Crippen molar-refractivity contribution in [2.45, 2.75) is 31.7 Å². The van der Waals surface area contributed by atoms with Crippen molar-refractivity contribution >= 4 is 33.2 Å². The summed E-state index contributed by atoms with van der Waals surface area (Å²) in [7, 11) is -1.85. The molecule has 0 spiro atoms. The molecule has 32 heavy (non-hydrogen) atoms. The summed E-state index contributed by atoms with van der Waals surface area (Å²) in [4.78, 5) is 13.2. The molecule has 166 valence electrons. The van der Waals surface area contributed by atoms with E-state index in [1.54, 1.807) is 24.3 Å². The van der Waals surface area contributed by atoms with E-state index in [0.29, 0.717) is 26.9 Å². The standard InChI is InChI=1S/C24H23ClN2O4S/c1-13-17(15(3)26-24(28)20-12-16(25)8-10-21(20)31-4)6-5-7-18(13)19-9-11-22-23(14(19)2)27-32(22,29)30/h5-12,15,27H,1-4H3,(H,26,28). The normalized spacial score (nSPS) is 14.5. The van der Waals surface area contributed by atoms with E-state index in [1.807, 2.05) is 45.0 Å². The summed E-state index contributed by atoms with van der Waals surface area (Å²) in [5, 5.41) is 3.47. The largest absolute Gasteiger partial charge is 0.496 e. The van der Waals surface area contributed by atoms with Crippen molar-refractivity contribution in [3.63, 3.8) is 0 Å². The van der Waals surface area contributed by atoms with Gasteiger partial charge >= 0.3 is 0 Å². The average molecular weight is 471 g/mol. The van der Waals surface area contributed by atoms with Crippen molar-refractivity contribution < 1.29 is 17.9 Å². The summed E-state index contributed by atoms with van der Waals surface area (Å²) in [6.07, 6.45) is 0. The molecule has 0 aliphatic carbocycles. The number of nitrogens with one attached hydrogen (secondary N) is 2. The van der Waals surface area contributed by atoms with Crippen molar-refractivity contribution in [3.05, 3.63) is 75.8 Å². The number of sulfonamides is 1. The van der Waals surface area contributed by atoms with Crippen LogP contribution in [0.2, 0.25) is 5.02 Å². The van der Waals surface area contributed by atoms with E-state index in [-0.39, 0.29) is 11.9 Å². The first-order chi connectivity index (χ1) is 15.1. The molecule has 0 radical (unpaired) electrons. The van der Waals surface area contributed by atoms with Gasteiger partial charge in [-0.05, 0) is 72.9 Å². The van der Waals surface area contributed by atoms with E-state index in [2.05, 4.69) is 10.0 Å². The van der Waals surface area contributed by atoms with Crippen LogP contribution in [0.25, 0.3) is 11.1 Å². The number of benzene rings is 3. The van der Waals surface area contributed by atoms with Gasteiger partial charge < -0.3 is 10.1 Å². The van der Waals surface area contributed by atoms with Crippen LogP contribution < -0.4 is 14.8 Å². The molecule has 0 bridgehead atoms. The van der Waals surface area contributed by atoms with Crippen molar-refractivity contribution in [3.8, 4) is 16.9 Å². The van der Waals surface area contributed by atoms with E-state index < -0.39 is 10.0 Å². The van der Waals surface area contributed by atoms with E-state index in [0.717, 1.165) is 27.8 Å². The molecule has 0 fully saturated rings. The van der Waals surface area contributed by atoms with Gasteiger partial charge in [0.15, 0.2) is 0 Å². The van der Waals surface area contributed by atoms with E-state index >= 15 is 0 Å². The second kappa shape index (κ2) is 8.15. The number of ether oxygens (including phenoxy) is 1. The second-order valence-corrected chi connectivity index (χ2v) is 9.86. The summed E-state index contributed by atoms with van der Waals surface area (Å²) < 4.78 is 31.5. The summed E-state index contributed by atoms with van der Waals surface area (Å²) in [6, 6.07) is 14.0. The zero-order valence-electron chi connectivity index (χ0n) is 18.1. The molecule has 6 nitrogen and oxygen atoms in total. The van der Waals surface area contributed by atoms with Crippen LogP contribution in [0.15, 0.2) is 53.4 Å². The fraction of sp³-hybridized carbons (Fsp3) is 0.208. The van der Waals surface area contributed by atoms with E-state index in [4.69, 9.17) is 16.3 Å². The third-order valence-corrected chi connectivity index (χ3v) is 7.47. The Bertz CT molecular complexity index is 1350. The number of carbonyl (C=O) groups is 1. The number of carbonyl (C=O) groups excluding carboxylic acids is 1. The summed E-state index contributed by atoms with van der Waals surface area (Å²) in [6.45, 7) is 5.81. The molecule has 1 aliphatic heterocycles. The Morgan fingerprint density at radius 2 is 1.78 bits per heavy atom. The molecule has 1 unspecified atom stereocenters. The maximum Gasteiger partial charge on any atom is 0.264 e. The zero-order valence-corrected chi connectivity index (χ0v) is 19.7. The molecule has 0 saturated carbocycles. The van der Waals surface area contributed by atoms with Crippen molar-refractivity contribution in [1.82, 2.24) is 5.32 Å². The highest BCUT2D eigenvalue weighted by Gasteiger charge is 2.32. The van der Waals surface area contributed by atoms with Crippen molar-refractivity contribution in [2.75, 3.05) is 11.8 Å².